The van der Waals surface area contributed by atoms with Crippen molar-refractivity contribution in [3.05, 3.63) is 53.5 Å². The van der Waals surface area contributed by atoms with Gasteiger partial charge in [-0.2, -0.15) is 0 Å². The lowest BCUT2D eigenvalue weighted by Crippen LogP contribution is -2.38. The Morgan fingerprint density at radius 3 is 2.56 bits per heavy atom. The van der Waals surface area contributed by atoms with E-state index in [1.165, 1.54) is 11.1 Å². The standard InChI is InChI=1S/C21H30N2OS/c1-6-18-10-7-9-16(4)20(18)22-21(25)23(13-12-15(2)3)17(5)19-11-8-14-24-19/h7-11,14-15,17H,6,12-13H2,1-5H3,(H,22,25). The number of hydrogen-bond acceptors (Lipinski definition) is 2. The lowest BCUT2D eigenvalue weighted by atomic mass is 10.1. The second-order valence-electron chi connectivity index (χ2n) is 6.96. The number of thiocarbonyl (C=S) groups is 1. The van der Waals surface area contributed by atoms with Crippen molar-refractivity contribution in [2.24, 2.45) is 5.92 Å². The smallest absolute Gasteiger partial charge is 0.174 e. The summed E-state index contributed by atoms with van der Waals surface area (Å²) in [6.07, 6.45) is 3.78. The van der Waals surface area contributed by atoms with E-state index in [0.717, 1.165) is 35.9 Å². The van der Waals surface area contributed by atoms with Crippen LogP contribution in [0.3, 0.4) is 0 Å². The van der Waals surface area contributed by atoms with Crippen molar-refractivity contribution in [1.82, 2.24) is 4.90 Å². The summed E-state index contributed by atoms with van der Waals surface area (Å²) in [6, 6.07) is 10.4. The number of nitrogens with zero attached hydrogens (tertiary/aromatic N) is 1. The van der Waals surface area contributed by atoms with Crippen LogP contribution in [-0.2, 0) is 6.42 Å². The summed E-state index contributed by atoms with van der Waals surface area (Å²) in [5.74, 6) is 1.56. The fourth-order valence-corrected chi connectivity index (χ4v) is 3.28. The third-order valence-corrected chi connectivity index (χ3v) is 4.94. The van der Waals surface area contributed by atoms with Crippen molar-refractivity contribution in [2.45, 2.75) is 53.5 Å². The highest BCUT2D eigenvalue weighted by molar-refractivity contribution is 7.80. The van der Waals surface area contributed by atoms with E-state index in [9.17, 15) is 0 Å². The first-order valence-electron chi connectivity index (χ1n) is 9.13. The fourth-order valence-electron chi connectivity index (χ4n) is 2.93. The van der Waals surface area contributed by atoms with Crippen molar-refractivity contribution < 1.29 is 4.42 Å². The van der Waals surface area contributed by atoms with Crippen molar-refractivity contribution >= 4 is 23.0 Å². The molecule has 0 saturated heterocycles. The molecule has 2 aromatic rings. The molecule has 25 heavy (non-hydrogen) atoms. The second-order valence-corrected chi connectivity index (χ2v) is 7.35. The van der Waals surface area contributed by atoms with Crippen molar-refractivity contribution in [1.29, 1.82) is 0 Å². The SMILES string of the molecule is CCc1cccc(C)c1NC(=S)N(CCC(C)C)C(C)c1ccco1. The fraction of sp³-hybridized carbons (Fsp3) is 0.476. The third-order valence-electron chi connectivity index (χ3n) is 4.60. The minimum absolute atomic E-state index is 0.0999. The molecule has 1 aromatic carbocycles. The van der Waals surface area contributed by atoms with E-state index >= 15 is 0 Å². The molecule has 3 nitrogen and oxygen atoms in total. The molecular formula is C21H30N2OS. The Balaban J connectivity index is 2.23. The molecule has 1 atom stereocenters. The number of anilines is 1. The molecule has 1 unspecified atom stereocenters. The zero-order valence-electron chi connectivity index (χ0n) is 16.0. The first-order valence-corrected chi connectivity index (χ1v) is 9.54. The van der Waals surface area contributed by atoms with Gasteiger partial charge < -0.3 is 14.6 Å². The van der Waals surface area contributed by atoms with E-state index in [1.807, 2.05) is 12.1 Å². The summed E-state index contributed by atoms with van der Waals surface area (Å²) in [5, 5.41) is 4.27. The predicted molar refractivity (Wildman–Crippen MR) is 110 cm³/mol. The monoisotopic (exact) mass is 358 g/mol. The van der Waals surface area contributed by atoms with Crippen LogP contribution in [0.5, 0.6) is 0 Å². The van der Waals surface area contributed by atoms with Gasteiger partial charge in [0.05, 0.1) is 12.3 Å². The molecule has 1 heterocycles. The Kier molecular flexibility index (Phi) is 7.06. The van der Waals surface area contributed by atoms with Crippen LogP contribution < -0.4 is 5.32 Å². The molecule has 0 aliphatic rings. The summed E-state index contributed by atoms with van der Waals surface area (Å²) in [5.41, 5.74) is 3.64. The maximum Gasteiger partial charge on any atom is 0.174 e. The highest BCUT2D eigenvalue weighted by Gasteiger charge is 2.22. The highest BCUT2D eigenvalue weighted by atomic mass is 32.1. The number of para-hydroxylation sites is 1. The topological polar surface area (TPSA) is 28.4 Å². The summed E-state index contributed by atoms with van der Waals surface area (Å²) in [6.45, 7) is 11.8. The number of nitrogens with one attached hydrogen (secondary N) is 1. The summed E-state index contributed by atoms with van der Waals surface area (Å²) >= 11 is 5.80. The lowest BCUT2D eigenvalue weighted by Gasteiger charge is -2.32. The first-order chi connectivity index (χ1) is 11.9. The molecule has 4 heteroatoms. The molecule has 0 bridgehead atoms. The van der Waals surface area contributed by atoms with Crippen molar-refractivity contribution in [2.75, 3.05) is 11.9 Å². The average molecular weight is 359 g/mol. The molecule has 0 aliphatic carbocycles. The summed E-state index contributed by atoms with van der Waals surface area (Å²) in [7, 11) is 0. The zero-order valence-corrected chi connectivity index (χ0v) is 16.8. The van der Waals surface area contributed by atoms with Gasteiger partial charge in [-0.3, -0.25) is 0 Å². The number of benzene rings is 1. The number of furan rings is 1. The van der Waals surface area contributed by atoms with E-state index < -0.39 is 0 Å². The van der Waals surface area contributed by atoms with Crippen molar-refractivity contribution in [3.63, 3.8) is 0 Å². The predicted octanol–water partition coefficient (Wildman–Crippen LogP) is 5.96. The van der Waals surface area contributed by atoms with Crippen LogP contribution in [0.1, 0.15) is 57.0 Å². The van der Waals surface area contributed by atoms with E-state index in [-0.39, 0.29) is 6.04 Å². The molecule has 0 fully saturated rings. The molecule has 0 amide bonds. The van der Waals surface area contributed by atoms with Crippen LogP contribution in [-0.4, -0.2) is 16.6 Å². The summed E-state index contributed by atoms with van der Waals surface area (Å²) in [4.78, 5) is 2.24. The van der Waals surface area contributed by atoms with Gasteiger partial charge in [-0.15, -0.1) is 0 Å². The Hall–Kier alpha value is -1.81. The van der Waals surface area contributed by atoms with Gasteiger partial charge in [0.2, 0.25) is 0 Å². The van der Waals surface area contributed by atoms with Gasteiger partial charge in [0.1, 0.15) is 5.76 Å². The van der Waals surface area contributed by atoms with Gasteiger partial charge in [0, 0.05) is 12.2 Å². The second kappa shape index (κ2) is 9.04. The zero-order chi connectivity index (χ0) is 18.4. The number of aryl methyl sites for hydroxylation is 2. The van der Waals surface area contributed by atoms with Crippen LogP contribution in [0.2, 0.25) is 0 Å². The van der Waals surface area contributed by atoms with Gasteiger partial charge in [-0.1, -0.05) is 39.0 Å². The van der Waals surface area contributed by atoms with E-state index in [1.54, 1.807) is 6.26 Å². The quantitative estimate of drug-likeness (QED) is 0.619. The Morgan fingerprint density at radius 1 is 1.20 bits per heavy atom. The van der Waals surface area contributed by atoms with E-state index in [2.05, 4.69) is 63.0 Å². The minimum atomic E-state index is 0.0999. The van der Waals surface area contributed by atoms with Gasteiger partial charge in [0.15, 0.2) is 5.11 Å². The highest BCUT2D eigenvalue weighted by Crippen LogP contribution is 2.26. The Morgan fingerprint density at radius 2 is 1.96 bits per heavy atom. The first kappa shape index (κ1) is 19.5. The van der Waals surface area contributed by atoms with Crippen LogP contribution in [0.4, 0.5) is 5.69 Å². The van der Waals surface area contributed by atoms with Crippen molar-refractivity contribution in [3.8, 4) is 0 Å². The Labute approximate surface area is 157 Å². The van der Waals surface area contributed by atoms with E-state index in [0.29, 0.717) is 5.92 Å². The molecule has 1 N–H and O–H groups in total. The minimum Gasteiger partial charge on any atom is -0.467 e. The van der Waals surface area contributed by atoms with Crippen LogP contribution in [0, 0.1) is 12.8 Å². The van der Waals surface area contributed by atoms with Crippen LogP contribution in [0.15, 0.2) is 41.0 Å². The average Bonchev–Trinajstić information content (AvgIpc) is 3.11. The van der Waals surface area contributed by atoms with Gasteiger partial charge in [0.25, 0.3) is 0 Å². The van der Waals surface area contributed by atoms with Crippen LogP contribution in [0.25, 0.3) is 0 Å². The third kappa shape index (κ3) is 5.08. The molecule has 0 saturated carbocycles. The molecule has 136 valence electrons. The van der Waals surface area contributed by atoms with Crippen LogP contribution >= 0.6 is 12.2 Å². The molecule has 0 spiro atoms. The molecule has 2 rings (SSSR count). The molecule has 1 aromatic heterocycles. The largest absolute Gasteiger partial charge is 0.467 e. The van der Waals surface area contributed by atoms with E-state index in [4.69, 9.17) is 16.6 Å². The molecule has 0 radical (unpaired) electrons. The molecular weight excluding hydrogens is 328 g/mol. The molecule has 0 aliphatic heterocycles. The lowest BCUT2D eigenvalue weighted by molar-refractivity contribution is 0.281. The van der Waals surface area contributed by atoms with Gasteiger partial charge in [-0.05, 0) is 68.1 Å². The maximum absolute atomic E-state index is 5.80. The van der Waals surface area contributed by atoms with Gasteiger partial charge >= 0.3 is 0 Å². The summed E-state index contributed by atoms with van der Waals surface area (Å²) < 4.78 is 5.62. The Bertz CT molecular complexity index is 679. The van der Waals surface area contributed by atoms with Gasteiger partial charge in [-0.25, -0.2) is 0 Å². The normalized spacial score (nSPS) is 12.2. The number of hydrogen-bond donors (Lipinski definition) is 1. The maximum atomic E-state index is 5.80. The number of rotatable bonds is 7.